The summed E-state index contributed by atoms with van der Waals surface area (Å²) in [4.78, 5) is 24.5. The molecule has 1 rings (SSSR count). The summed E-state index contributed by atoms with van der Waals surface area (Å²) in [6, 6.07) is 1.26. The van der Waals surface area contributed by atoms with E-state index in [4.69, 9.17) is 5.11 Å². The number of hydrogen-bond acceptors (Lipinski definition) is 5. The normalized spacial score (nSPS) is 16.5. The molecule has 0 aliphatic rings. The van der Waals surface area contributed by atoms with Gasteiger partial charge in [-0.15, -0.1) is 11.8 Å². The van der Waals surface area contributed by atoms with Crippen LogP contribution in [0.25, 0.3) is 0 Å². The Morgan fingerprint density at radius 2 is 2.12 bits per heavy atom. The third-order valence-corrected chi connectivity index (χ3v) is 3.85. The molecule has 0 amide bonds. The van der Waals surface area contributed by atoms with E-state index in [0.29, 0.717) is 0 Å². The van der Waals surface area contributed by atoms with E-state index in [0.717, 1.165) is 0 Å². The topological polar surface area (TPSA) is 95.3 Å². The number of aromatic amines is 1. The summed E-state index contributed by atoms with van der Waals surface area (Å²) in [5.41, 5.74) is -0.947. The molecule has 0 aromatic carbocycles. The number of aliphatic hydroxyl groups excluding tert-OH is 2. The van der Waals surface area contributed by atoms with Gasteiger partial charge in [0.1, 0.15) is 0 Å². The maximum Gasteiger partial charge on any atom is 0.329 e. The molecule has 1 aromatic heterocycles. The van der Waals surface area contributed by atoms with E-state index in [1.807, 2.05) is 0 Å². The van der Waals surface area contributed by atoms with Gasteiger partial charge in [-0.1, -0.05) is 0 Å². The van der Waals surface area contributed by atoms with Crippen molar-refractivity contribution < 1.29 is 10.2 Å². The average Bonchev–Trinajstić information content (AvgIpc) is 2.24. The van der Waals surface area contributed by atoms with Gasteiger partial charge in [-0.25, -0.2) is 4.79 Å². The Morgan fingerprint density at radius 3 is 2.59 bits per heavy atom. The molecular weight excluding hydrogens is 244 g/mol. The van der Waals surface area contributed by atoms with Gasteiger partial charge in [-0.2, -0.15) is 0 Å². The summed E-state index contributed by atoms with van der Waals surface area (Å²) < 4.78 is 1.34. The van der Waals surface area contributed by atoms with Crippen molar-refractivity contribution in [3.8, 4) is 0 Å². The highest BCUT2D eigenvalue weighted by Gasteiger charge is 2.19. The number of aliphatic hydroxyl groups is 2. The van der Waals surface area contributed by atoms with Gasteiger partial charge in [-0.3, -0.25) is 14.3 Å². The van der Waals surface area contributed by atoms with Crippen molar-refractivity contribution in [2.45, 2.75) is 30.6 Å². The minimum atomic E-state index is -0.675. The smallest absolute Gasteiger partial charge is 0.329 e. The van der Waals surface area contributed by atoms with Gasteiger partial charge in [0.2, 0.25) is 0 Å². The molecule has 0 aliphatic heterocycles. The fourth-order valence-corrected chi connectivity index (χ4v) is 2.46. The molecule has 7 heteroatoms. The van der Waals surface area contributed by atoms with E-state index in [2.05, 4.69) is 4.98 Å². The average molecular weight is 260 g/mol. The lowest BCUT2D eigenvalue weighted by atomic mass is 10.3. The van der Waals surface area contributed by atoms with E-state index in [1.54, 1.807) is 13.8 Å². The molecule has 1 aromatic rings. The highest BCUT2D eigenvalue weighted by Crippen LogP contribution is 2.26. The van der Waals surface area contributed by atoms with E-state index < -0.39 is 17.4 Å². The Kier molecular flexibility index (Phi) is 4.98. The minimum Gasteiger partial charge on any atom is -0.395 e. The van der Waals surface area contributed by atoms with Gasteiger partial charge in [0, 0.05) is 12.3 Å². The Morgan fingerprint density at radius 1 is 1.47 bits per heavy atom. The number of nitrogens with zero attached hydrogens (tertiary/aromatic N) is 1. The van der Waals surface area contributed by atoms with Crippen LogP contribution < -0.4 is 11.2 Å². The highest BCUT2D eigenvalue weighted by atomic mass is 32.2. The third kappa shape index (κ3) is 3.72. The number of nitrogens with one attached hydrogen (secondary N) is 1. The predicted molar refractivity (Wildman–Crippen MR) is 66.2 cm³/mol. The summed E-state index contributed by atoms with van der Waals surface area (Å²) >= 11 is 1.27. The van der Waals surface area contributed by atoms with Crippen molar-refractivity contribution >= 4 is 11.8 Å². The van der Waals surface area contributed by atoms with Crippen molar-refractivity contribution in [1.29, 1.82) is 0 Å². The van der Waals surface area contributed by atoms with Crippen LogP contribution >= 0.6 is 11.8 Å². The third-order valence-electron chi connectivity index (χ3n) is 2.33. The number of aromatic nitrogens is 2. The largest absolute Gasteiger partial charge is 0.395 e. The molecule has 1 heterocycles. The molecule has 3 N–H and O–H groups in total. The quantitative estimate of drug-likeness (QED) is 0.665. The van der Waals surface area contributed by atoms with Gasteiger partial charge < -0.3 is 10.2 Å². The molecule has 0 aliphatic carbocycles. The Hall–Kier alpha value is -1.05. The molecule has 2 unspecified atom stereocenters. The molecule has 6 nitrogen and oxygen atoms in total. The van der Waals surface area contributed by atoms with E-state index in [-0.39, 0.29) is 17.2 Å². The molecule has 0 saturated heterocycles. The van der Waals surface area contributed by atoms with Crippen LogP contribution in [0.2, 0.25) is 0 Å². The first-order valence-corrected chi connectivity index (χ1v) is 6.16. The first-order valence-electron chi connectivity index (χ1n) is 5.21. The van der Waals surface area contributed by atoms with Crippen LogP contribution in [-0.2, 0) is 0 Å². The van der Waals surface area contributed by atoms with Crippen LogP contribution in [0.1, 0.15) is 19.2 Å². The number of thioether (sulfide) groups is 1. The van der Waals surface area contributed by atoms with Crippen LogP contribution in [0, 0.1) is 0 Å². The monoisotopic (exact) mass is 260 g/mol. The van der Waals surface area contributed by atoms with Gasteiger partial charge in [0.15, 0.2) is 0 Å². The summed E-state index contributed by atoms with van der Waals surface area (Å²) in [5, 5.41) is 17.8. The van der Waals surface area contributed by atoms with Gasteiger partial charge in [0.25, 0.3) is 5.56 Å². The van der Waals surface area contributed by atoms with E-state index in [9.17, 15) is 14.7 Å². The maximum absolute atomic E-state index is 11.5. The Labute approximate surface area is 102 Å². The maximum atomic E-state index is 11.5. The Balaban J connectivity index is 2.86. The standard InChI is InChI=1S/C10H16N2O4S/c1-6(14)8(5-13)17-7(2)12-4-3-9(15)11-10(12)16/h3-4,6-8,13-14H,5H2,1-2H3,(H,11,15,16)/t6-,7?,8?/m0/s1. The second-order valence-electron chi connectivity index (χ2n) is 3.71. The zero-order valence-electron chi connectivity index (χ0n) is 9.66. The van der Waals surface area contributed by atoms with Crippen molar-refractivity contribution in [2.24, 2.45) is 0 Å². The fourth-order valence-electron chi connectivity index (χ4n) is 1.34. The first kappa shape index (κ1) is 14.0. The van der Waals surface area contributed by atoms with Gasteiger partial charge in [-0.05, 0) is 13.8 Å². The molecule has 0 radical (unpaired) electrons. The van der Waals surface area contributed by atoms with Crippen LogP contribution in [0.5, 0.6) is 0 Å². The van der Waals surface area contributed by atoms with Gasteiger partial charge >= 0.3 is 5.69 Å². The lowest BCUT2D eigenvalue weighted by molar-refractivity contribution is 0.155. The summed E-state index contributed by atoms with van der Waals surface area (Å²) in [6.45, 7) is 3.16. The van der Waals surface area contributed by atoms with Crippen molar-refractivity contribution in [1.82, 2.24) is 9.55 Å². The molecule has 0 spiro atoms. The van der Waals surface area contributed by atoms with Crippen LogP contribution in [0.15, 0.2) is 21.9 Å². The van der Waals surface area contributed by atoms with Crippen molar-refractivity contribution in [2.75, 3.05) is 6.61 Å². The molecule has 0 fully saturated rings. The van der Waals surface area contributed by atoms with Crippen molar-refractivity contribution in [3.05, 3.63) is 33.1 Å². The molecule has 0 saturated carbocycles. The lowest BCUT2D eigenvalue weighted by Crippen LogP contribution is -2.32. The highest BCUT2D eigenvalue weighted by molar-refractivity contribution is 8.00. The fraction of sp³-hybridized carbons (Fsp3) is 0.600. The van der Waals surface area contributed by atoms with E-state index >= 15 is 0 Å². The molecule has 3 atom stereocenters. The summed E-state index contributed by atoms with van der Waals surface area (Å²) in [5.74, 6) is 0. The Bertz CT molecular complexity index is 468. The number of rotatable bonds is 5. The lowest BCUT2D eigenvalue weighted by Gasteiger charge is -2.22. The minimum absolute atomic E-state index is 0.176. The van der Waals surface area contributed by atoms with Crippen LogP contribution in [0.3, 0.4) is 0 Å². The van der Waals surface area contributed by atoms with Crippen molar-refractivity contribution in [3.63, 3.8) is 0 Å². The molecule has 96 valence electrons. The second kappa shape index (κ2) is 6.04. The summed E-state index contributed by atoms with van der Waals surface area (Å²) in [7, 11) is 0. The van der Waals surface area contributed by atoms with Gasteiger partial charge in [0.05, 0.1) is 23.3 Å². The number of hydrogen-bond donors (Lipinski definition) is 3. The molecule has 0 bridgehead atoms. The molecule has 17 heavy (non-hydrogen) atoms. The summed E-state index contributed by atoms with van der Waals surface area (Å²) in [6.07, 6.45) is 0.723. The van der Waals surface area contributed by atoms with Crippen LogP contribution in [-0.4, -0.2) is 37.7 Å². The molecular formula is C10H16N2O4S. The van der Waals surface area contributed by atoms with E-state index in [1.165, 1.54) is 28.6 Å². The van der Waals surface area contributed by atoms with Crippen LogP contribution in [0.4, 0.5) is 0 Å². The predicted octanol–water partition coefficient (Wildman–Crippen LogP) is -0.470. The SMILES string of the molecule is CC(SC(CO)[C@H](C)O)n1ccc(=O)[nH]c1=O. The first-order chi connectivity index (χ1) is 7.95. The second-order valence-corrected chi connectivity index (χ2v) is 5.27. The number of H-pyrrole nitrogens is 1. The zero-order valence-corrected chi connectivity index (χ0v) is 10.5. The zero-order chi connectivity index (χ0) is 13.0.